The van der Waals surface area contributed by atoms with Gasteiger partial charge in [0.1, 0.15) is 6.04 Å². The summed E-state index contributed by atoms with van der Waals surface area (Å²) in [6.45, 7) is 2.56. The molecule has 0 aliphatic carbocycles. The number of aryl methyl sites for hydroxylation is 1. The number of carboxylic acids is 2. The molecule has 0 radical (unpaired) electrons. The van der Waals surface area contributed by atoms with Crippen LogP contribution in [0, 0.1) is 0 Å². The van der Waals surface area contributed by atoms with E-state index >= 15 is 0 Å². The molecule has 1 aromatic heterocycles. The molecule has 0 unspecified atom stereocenters. The molecule has 3 N–H and O–H groups in total. The van der Waals surface area contributed by atoms with Crippen molar-refractivity contribution in [2.24, 2.45) is 0 Å². The molecule has 0 fully saturated rings. The Kier molecular flexibility index (Phi) is 5.04. The number of aliphatic carboxylic acids is 2. The van der Waals surface area contributed by atoms with E-state index in [1.807, 2.05) is 6.92 Å². The Morgan fingerprint density at radius 2 is 2.11 bits per heavy atom. The first-order valence-corrected chi connectivity index (χ1v) is 5.68. The Bertz CT molecular complexity index is 482. The standard InChI is InChI=1S/C11H15N3O5/c1-2-14-4-3-7(13-14)5-9(15)12-8(11(18)19)6-10(16)17/h3-4,8H,2,5-6H2,1H3,(H,12,15)(H,16,17)(H,18,19)/t8-/m1/s1. The highest BCUT2D eigenvalue weighted by Gasteiger charge is 2.23. The fourth-order valence-corrected chi connectivity index (χ4v) is 1.46. The van der Waals surface area contributed by atoms with Crippen molar-refractivity contribution in [1.29, 1.82) is 0 Å². The third-order valence-electron chi connectivity index (χ3n) is 2.37. The number of rotatable bonds is 7. The maximum atomic E-state index is 11.6. The van der Waals surface area contributed by atoms with Crippen LogP contribution in [0.15, 0.2) is 12.3 Å². The molecule has 19 heavy (non-hydrogen) atoms. The van der Waals surface area contributed by atoms with Crippen LogP contribution in [-0.4, -0.2) is 43.9 Å². The van der Waals surface area contributed by atoms with Crippen molar-refractivity contribution in [2.75, 3.05) is 0 Å². The minimum atomic E-state index is -1.43. The van der Waals surface area contributed by atoms with Crippen molar-refractivity contribution in [3.63, 3.8) is 0 Å². The monoisotopic (exact) mass is 269 g/mol. The normalized spacial score (nSPS) is 11.8. The van der Waals surface area contributed by atoms with Crippen LogP contribution in [0.2, 0.25) is 0 Å². The second-order valence-electron chi connectivity index (χ2n) is 3.90. The first-order chi connectivity index (χ1) is 8.92. The summed E-state index contributed by atoms with van der Waals surface area (Å²) >= 11 is 0. The van der Waals surface area contributed by atoms with E-state index in [-0.39, 0.29) is 6.42 Å². The van der Waals surface area contributed by atoms with Crippen LogP contribution >= 0.6 is 0 Å². The zero-order valence-corrected chi connectivity index (χ0v) is 10.4. The van der Waals surface area contributed by atoms with Crippen LogP contribution < -0.4 is 5.32 Å². The first-order valence-electron chi connectivity index (χ1n) is 5.68. The molecule has 0 aliphatic rings. The number of carbonyl (C=O) groups excluding carboxylic acids is 1. The highest BCUT2D eigenvalue weighted by Crippen LogP contribution is 1.99. The lowest BCUT2D eigenvalue weighted by Crippen LogP contribution is -2.42. The Morgan fingerprint density at radius 1 is 1.42 bits per heavy atom. The molecule has 0 bridgehead atoms. The van der Waals surface area contributed by atoms with Gasteiger partial charge < -0.3 is 15.5 Å². The van der Waals surface area contributed by atoms with Gasteiger partial charge in [0.2, 0.25) is 5.91 Å². The van der Waals surface area contributed by atoms with Crippen molar-refractivity contribution in [2.45, 2.75) is 32.4 Å². The van der Waals surface area contributed by atoms with Gasteiger partial charge in [0.25, 0.3) is 0 Å². The van der Waals surface area contributed by atoms with Crippen molar-refractivity contribution >= 4 is 17.8 Å². The molecule has 8 heteroatoms. The minimum absolute atomic E-state index is 0.0869. The van der Waals surface area contributed by atoms with E-state index in [2.05, 4.69) is 10.4 Å². The van der Waals surface area contributed by atoms with Gasteiger partial charge in [0.15, 0.2) is 0 Å². The Hall–Kier alpha value is -2.38. The zero-order chi connectivity index (χ0) is 14.4. The molecular formula is C11H15N3O5. The lowest BCUT2D eigenvalue weighted by Gasteiger charge is -2.11. The number of hydrogen-bond donors (Lipinski definition) is 3. The molecule has 0 aromatic carbocycles. The maximum absolute atomic E-state index is 11.6. The Labute approximate surface area is 109 Å². The summed E-state index contributed by atoms with van der Waals surface area (Å²) in [6.07, 6.45) is 0.954. The molecule has 1 amide bonds. The van der Waals surface area contributed by atoms with Crippen LogP contribution in [0.5, 0.6) is 0 Å². The number of carbonyl (C=O) groups is 3. The Balaban J connectivity index is 2.57. The van der Waals surface area contributed by atoms with E-state index in [0.29, 0.717) is 12.2 Å². The van der Waals surface area contributed by atoms with Crippen molar-refractivity contribution < 1.29 is 24.6 Å². The predicted molar refractivity (Wildman–Crippen MR) is 63.4 cm³/mol. The maximum Gasteiger partial charge on any atom is 0.326 e. The van der Waals surface area contributed by atoms with E-state index < -0.39 is 30.3 Å². The summed E-state index contributed by atoms with van der Waals surface area (Å²) in [6, 6.07) is 0.217. The number of aromatic nitrogens is 2. The van der Waals surface area contributed by atoms with Gasteiger partial charge >= 0.3 is 11.9 Å². The van der Waals surface area contributed by atoms with Crippen molar-refractivity contribution in [1.82, 2.24) is 15.1 Å². The molecule has 0 spiro atoms. The van der Waals surface area contributed by atoms with E-state index in [4.69, 9.17) is 10.2 Å². The average molecular weight is 269 g/mol. The third-order valence-corrected chi connectivity index (χ3v) is 2.37. The molecule has 0 aliphatic heterocycles. The lowest BCUT2D eigenvalue weighted by atomic mass is 10.2. The fraction of sp³-hybridized carbons (Fsp3) is 0.455. The number of carboxylic acid groups (broad SMARTS) is 2. The summed E-state index contributed by atoms with van der Waals surface area (Å²) in [4.78, 5) is 32.8. The van der Waals surface area contributed by atoms with Crippen molar-refractivity contribution in [3.8, 4) is 0 Å². The molecule has 1 heterocycles. The second kappa shape index (κ2) is 6.53. The van der Waals surface area contributed by atoms with Gasteiger partial charge in [-0.25, -0.2) is 4.79 Å². The Morgan fingerprint density at radius 3 is 2.58 bits per heavy atom. The summed E-state index contributed by atoms with van der Waals surface area (Å²) in [5.41, 5.74) is 0.499. The molecule has 1 rings (SSSR count). The van der Waals surface area contributed by atoms with Gasteiger partial charge in [-0.15, -0.1) is 0 Å². The molecule has 1 atom stereocenters. The van der Waals surface area contributed by atoms with Gasteiger partial charge in [-0.05, 0) is 13.0 Å². The van der Waals surface area contributed by atoms with Crippen molar-refractivity contribution in [3.05, 3.63) is 18.0 Å². The highest BCUT2D eigenvalue weighted by atomic mass is 16.4. The highest BCUT2D eigenvalue weighted by molar-refractivity contribution is 5.87. The molecular weight excluding hydrogens is 254 g/mol. The largest absolute Gasteiger partial charge is 0.481 e. The van der Waals surface area contributed by atoms with Crippen LogP contribution in [0.4, 0.5) is 0 Å². The molecule has 104 valence electrons. The fourth-order valence-electron chi connectivity index (χ4n) is 1.46. The van der Waals surface area contributed by atoms with Crippen LogP contribution in [-0.2, 0) is 27.3 Å². The number of amides is 1. The third kappa shape index (κ3) is 4.78. The lowest BCUT2D eigenvalue weighted by molar-refractivity contribution is -0.147. The topological polar surface area (TPSA) is 122 Å². The zero-order valence-electron chi connectivity index (χ0n) is 10.4. The van der Waals surface area contributed by atoms with Gasteiger partial charge in [0, 0.05) is 12.7 Å². The summed E-state index contributed by atoms with van der Waals surface area (Å²) in [5.74, 6) is -3.24. The average Bonchev–Trinajstić information content (AvgIpc) is 2.75. The smallest absolute Gasteiger partial charge is 0.326 e. The minimum Gasteiger partial charge on any atom is -0.481 e. The van der Waals surface area contributed by atoms with Gasteiger partial charge in [-0.1, -0.05) is 0 Å². The number of hydrogen-bond acceptors (Lipinski definition) is 4. The first kappa shape index (κ1) is 14.7. The predicted octanol–water partition coefficient (Wildman–Crippen LogP) is -0.510. The number of nitrogens with zero attached hydrogens (tertiary/aromatic N) is 2. The van der Waals surface area contributed by atoms with E-state index in [1.165, 1.54) is 0 Å². The summed E-state index contributed by atoms with van der Waals surface area (Å²) in [7, 11) is 0. The SMILES string of the molecule is CCn1ccc(CC(=O)N[C@H](CC(=O)O)C(=O)O)n1. The van der Waals surface area contributed by atoms with Gasteiger partial charge in [0.05, 0.1) is 18.5 Å². The molecule has 0 saturated carbocycles. The molecule has 1 aromatic rings. The quantitative estimate of drug-likeness (QED) is 0.613. The molecule has 8 nitrogen and oxygen atoms in total. The molecule has 0 saturated heterocycles. The van der Waals surface area contributed by atoms with E-state index in [1.54, 1.807) is 16.9 Å². The van der Waals surface area contributed by atoms with Gasteiger partial charge in [-0.2, -0.15) is 5.10 Å². The second-order valence-corrected chi connectivity index (χ2v) is 3.90. The van der Waals surface area contributed by atoms with Crippen LogP contribution in [0.3, 0.4) is 0 Å². The number of nitrogens with one attached hydrogen (secondary N) is 1. The summed E-state index contributed by atoms with van der Waals surface area (Å²) in [5, 5.41) is 23.6. The van der Waals surface area contributed by atoms with Crippen LogP contribution in [0.1, 0.15) is 19.0 Å². The van der Waals surface area contributed by atoms with Crippen LogP contribution in [0.25, 0.3) is 0 Å². The summed E-state index contributed by atoms with van der Waals surface area (Å²) < 4.78 is 1.63. The van der Waals surface area contributed by atoms with E-state index in [0.717, 1.165) is 0 Å². The van der Waals surface area contributed by atoms with Gasteiger partial charge in [-0.3, -0.25) is 14.3 Å². The van der Waals surface area contributed by atoms with E-state index in [9.17, 15) is 14.4 Å².